The fourth-order valence-corrected chi connectivity index (χ4v) is 3.80. The molecule has 1 spiro atoms. The largest absolute Gasteiger partial charge is 0.380 e. The lowest BCUT2D eigenvalue weighted by Crippen LogP contribution is -2.48. The Morgan fingerprint density at radius 1 is 1.15 bits per heavy atom. The Bertz CT molecular complexity index is 696. The summed E-state index contributed by atoms with van der Waals surface area (Å²) in [6, 6.07) is 7.44. The molecule has 4 amide bonds. The normalized spacial score (nSPS) is 18.6. The molecule has 0 aromatic heterocycles. The van der Waals surface area contributed by atoms with Gasteiger partial charge in [-0.3, -0.25) is 14.5 Å². The van der Waals surface area contributed by atoms with Gasteiger partial charge in [0.15, 0.2) is 0 Å². The maximum absolute atomic E-state index is 12.7. The van der Waals surface area contributed by atoms with Gasteiger partial charge < -0.3 is 15.4 Å². The third kappa shape index (κ3) is 4.47. The average Bonchev–Trinajstić information content (AvgIpc) is 2.90. The van der Waals surface area contributed by atoms with E-state index in [1.807, 2.05) is 24.3 Å². The predicted octanol–water partition coefficient (Wildman–Crippen LogP) is 2.09. The zero-order valence-corrected chi connectivity index (χ0v) is 15.8. The molecule has 7 heteroatoms. The van der Waals surface area contributed by atoms with E-state index in [1.165, 1.54) is 4.90 Å². The van der Waals surface area contributed by atoms with Crippen LogP contribution >= 0.6 is 0 Å². The van der Waals surface area contributed by atoms with Gasteiger partial charge in [0.05, 0.1) is 6.61 Å². The van der Waals surface area contributed by atoms with Crippen LogP contribution in [0.25, 0.3) is 0 Å². The van der Waals surface area contributed by atoms with Crippen molar-refractivity contribution in [3.8, 4) is 0 Å². The van der Waals surface area contributed by atoms with Crippen molar-refractivity contribution in [3.63, 3.8) is 0 Å². The van der Waals surface area contributed by atoms with Gasteiger partial charge in [-0.05, 0) is 24.0 Å². The zero-order chi connectivity index (χ0) is 19.3. The summed E-state index contributed by atoms with van der Waals surface area (Å²) in [7, 11) is 1.65. The van der Waals surface area contributed by atoms with Crippen molar-refractivity contribution in [2.75, 3.05) is 13.7 Å². The van der Waals surface area contributed by atoms with Crippen molar-refractivity contribution in [2.24, 2.45) is 0 Å². The highest BCUT2D eigenvalue weighted by Crippen LogP contribution is 2.33. The van der Waals surface area contributed by atoms with E-state index in [2.05, 4.69) is 10.6 Å². The predicted molar refractivity (Wildman–Crippen MR) is 99.7 cm³/mol. The minimum absolute atomic E-state index is 0.108. The van der Waals surface area contributed by atoms with Crippen LogP contribution in [-0.2, 0) is 27.5 Å². The number of carbonyl (C=O) groups excluding carboxylic acids is 3. The quantitative estimate of drug-likeness (QED) is 0.717. The maximum Gasteiger partial charge on any atom is 0.325 e. The molecule has 2 fully saturated rings. The van der Waals surface area contributed by atoms with E-state index in [9.17, 15) is 14.4 Å². The Hall–Kier alpha value is -2.41. The summed E-state index contributed by atoms with van der Waals surface area (Å²) < 4.78 is 5.07. The first kappa shape index (κ1) is 19.4. The van der Waals surface area contributed by atoms with Crippen LogP contribution < -0.4 is 10.6 Å². The molecule has 1 aromatic rings. The van der Waals surface area contributed by atoms with E-state index in [0.29, 0.717) is 26.0 Å². The SMILES string of the molecule is COCc1ccc(CNC(=O)CCN2C(=O)NC3(CCCCC3)C2=O)cc1. The van der Waals surface area contributed by atoms with Crippen LogP contribution in [0, 0.1) is 0 Å². The lowest BCUT2D eigenvalue weighted by molar-refractivity contribution is -0.132. The first-order chi connectivity index (χ1) is 13.0. The van der Waals surface area contributed by atoms with E-state index in [4.69, 9.17) is 4.74 Å². The fraction of sp³-hybridized carbons (Fsp3) is 0.550. The Morgan fingerprint density at radius 2 is 1.81 bits per heavy atom. The highest BCUT2D eigenvalue weighted by Gasteiger charge is 2.50. The Morgan fingerprint density at radius 3 is 2.48 bits per heavy atom. The van der Waals surface area contributed by atoms with Crippen LogP contribution in [0.15, 0.2) is 24.3 Å². The number of rotatable bonds is 7. The van der Waals surface area contributed by atoms with Gasteiger partial charge in [-0.15, -0.1) is 0 Å². The van der Waals surface area contributed by atoms with Crippen molar-refractivity contribution < 1.29 is 19.1 Å². The third-order valence-electron chi connectivity index (χ3n) is 5.34. The van der Waals surface area contributed by atoms with E-state index in [1.54, 1.807) is 7.11 Å². The van der Waals surface area contributed by atoms with Gasteiger partial charge >= 0.3 is 6.03 Å². The van der Waals surface area contributed by atoms with E-state index >= 15 is 0 Å². The first-order valence-electron chi connectivity index (χ1n) is 9.52. The summed E-state index contributed by atoms with van der Waals surface area (Å²) >= 11 is 0. The summed E-state index contributed by atoms with van der Waals surface area (Å²) in [5, 5.41) is 5.70. The fourth-order valence-electron chi connectivity index (χ4n) is 3.80. The first-order valence-corrected chi connectivity index (χ1v) is 9.52. The number of nitrogens with zero attached hydrogens (tertiary/aromatic N) is 1. The second-order valence-electron chi connectivity index (χ2n) is 7.31. The summed E-state index contributed by atoms with van der Waals surface area (Å²) in [4.78, 5) is 38.2. The molecule has 1 aliphatic carbocycles. The van der Waals surface area contributed by atoms with Gasteiger partial charge in [-0.25, -0.2) is 4.79 Å². The van der Waals surface area contributed by atoms with Crippen LogP contribution in [-0.4, -0.2) is 41.9 Å². The number of methoxy groups -OCH3 is 1. The molecule has 0 bridgehead atoms. The lowest BCUT2D eigenvalue weighted by atomic mass is 9.82. The Kier molecular flexibility index (Phi) is 6.11. The summed E-state index contributed by atoms with van der Waals surface area (Å²) in [5.41, 5.74) is 1.33. The number of benzene rings is 1. The minimum Gasteiger partial charge on any atom is -0.380 e. The number of amides is 4. The molecule has 0 radical (unpaired) electrons. The van der Waals surface area contributed by atoms with Crippen LogP contribution in [0.4, 0.5) is 4.79 Å². The van der Waals surface area contributed by atoms with E-state index in [-0.39, 0.29) is 30.8 Å². The molecule has 3 rings (SSSR count). The summed E-state index contributed by atoms with van der Waals surface area (Å²) in [5.74, 6) is -0.352. The Labute approximate surface area is 159 Å². The molecule has 2 aliphatic rings. The molecule has 0 atom stereocenters. The molecule has 27 heavy (non-hydrogen) atoms. The molecule has 0 unspecified atom stereocenters. The molecular formula is C20H27N3O4. The molecule has 146 valence electrons. The number of carbonyl (C=O) groups is 3. The molecule has 1 saturated carbocycles. The number of ether oxygens (including phenoxy) is 1. The number of nitrogens with one attached hydrogen (secondary N) is 2. The maximum atomic E-state index is 12.7. The van der Waals surface area contributed by atoms with Crippen molar-refractivity contribution in [3.05, 3.63) is 35.4 Å². The smallest absolute Gasteiger partial charge is 0.325 e. The molecule has 7 nitrogen and oxygen atoms in total. The molecule has 1 aromatic carbocycles. The topological polar surface area (TPSA) is 87.7 Å². The van der Waals surface area contributed by atoms with Crippen molar-refractivity contribution >= 4 is 17.8 Å². The summed E-state index contributed by atoms with van der Waals surface area (Å²) in [6.45, 7) is 1.08. The number of urea groups is 1. The van der Waals surface area contributed by atoms with E-state index in [0.717, 1.165) is 30.4 Å². The molecule has 1 saturated heterocycles. The average molecular weight is 373 g/mol. The molecule has 1 heterocycles. The monoisotopic (exact) mass is 373 g/mol. The van der Waals surface area contributed by atoms with Crippen LogP contribution in [0.2, 0.25) is 0 Å². The van der Waals surface area contributed by atoms with Crippen LogP contribution in [0.3, 0.4) is 0 Å². The van der Waals surface area contributed by atoms with Gasteiger partial charge in [0, 0.05) is 26.6 Å². The lowest BCUT2D eigenvalue weighted by Gasteiger charge is -2.30. The van der Waals surface area contributed by atoms with Gasteiger partial charge in [-0.1, -0.05) is 43.5 Å². The minimum atomic E-state index is -0.726. The second-order valence-corrected chi connectivity index (χ2v) is 7.31. The second kappa shape index (κ2) is 8.52. The van der Waals surface area contributed by atoms with Crippen LogP contribution in [0.5, 0.6) is 0 Å². The molecule has 2 N–H and O–H groups in total. The molecule has 1 aliphatic heterocycles. The van der Waals surface area contributed by atoms with Crippen molar-refractivity contribution in [1.82, 2.24) is 15.5 Å². The Balaban J connectivity index is 1.46. The number of imide groups is 1. The highest BCUT2D eigenvalue weighted by molar-refractivity contribution is 6.07. The number of hydrogen-bond donors (Lipinski definition) is 2. The van der Waals surface area contributed by atoms with Crippen LogP contribution in [0.1, 0.15) is 49.7 Å². The van der Waals surface area contributed by atoms with Crippen molar-refractivity contribution in [2.45, 2.75) is 57.2 Å². The standard InChI is InChI=1S/C20H27N3O4/c1-27-14-16-7-5-15(6-8-16)13-21-17(24)9-12-23-18(25)20(22-19(23)26)10-3-2-4-11-20/h5-8H,2-4,9-14H2,1H3,(H,21,24)(H,22,26). The highest BCUT2D eigenvalue weighted by atomic mass is 16.5. The summed E-state index contributed by atoms with van der Waals surface area (Å²) in [6.07, 6.45) is 4.49. The van der Waals surface area contributed by atoms with Gasteiger partial charge in [-0.2, -0.15) is 0 Å². The zero-order valence-electron chi connectivity index (χ0n) is 15.8. The van der Waals surface area contributed by atoms with E-state index < -0.39 is 5.54 Å². The molecular weight excluding hydrogens is 346 g/mol. The van der Waals surface area contributed by atoms with Gasteiger partial charge in [0.1, 0.15) is 5.54 Å². The van der Waals surface area contributed by atoms with Gasteiger partial charge in [0.2, 0.25) is 5.91 Å². The van der Waals surface area contributed by atoms with Gasteiger partial charge in [0.25, 0.3) is 5.91 Å². The third-order valence-corrected chi connectivity index (χ3v) is 5.34. The number of hydrogen-bond acceptors (Lipinski definition) is 4. The van der Waals surface area contributed by atoms with Crippen molar-refractivity contribution in [1.29, 1.82) is 0 Å².